The van der Waals surface area contributed by atoms with Crippen molar-refractivity contribution < 1.29 is 28.6 Å². The summed E-state index contributed by atoms with van der Waals surface area (Å²) in [4.78, 5) is 44.5. The summed E-state index contributed by atoms with van der Waals surface area (Å²) in [5.41, 5.74) is 1.24. The van der Waals surface area contributed by atoms with Crippen molar-refractivity contribution >= 4 is 17.7 Å². The van der Waals surface area contributed by atoms with E-state index in [9.17, 15) is 14.4 Å². The monoisotopic (exact) mass is 548 g/mol. The maximum absolute atomic E-state index is 13.4. The average molecular weight is 549 g/mol. The lowest BCUT2D eigenvalue weighted by atomic mass is 10.00. The van der Waals surface area contributed by atoms with Gasteiger partial charge in [-0.3, -0.25) is 19.1 Å². The fourth-order valence-electron chi connectivity index (χ4n) is 4.77. The van der Waals surface area contributed by atoms with E-state index in [0.29, 0.717) is 62.5 Å². The van der Waals surface area contributed by atoms with Crippen LogP contribution >= 0.6 is 0 Å². The van der Waals surface area contributed by atoms with Crippen molar-refractivity contribution in [2.24, 2.45) is 0 Å². The minimum Gasteiger partial charge on any atom is -0.493 e. The molecule has 0 saturated carbocycles. The molecule has 0 unspecified atom stereocenters. The van der Waals surface area contributed by atoms with Crippen molar-refractivity contribution in [3.8, 4) is 17.2 Å². The Hall–Kier alpha value is -4.61. The number of hydrogen-bond acceptors (Lipinski definition) is 8. The van der Waals surface area contributed by atoms with Gasteiger partial charge in [-0.25, -0.2) is 4.98 Å². The zero-order valence-corrected chi connectivity index (χ0v) is 22.2. The molecular formula is C28H32N6O6. The van der Waals surface area contributed by atoms with Gasteiger partial charge in [0.05, 0.1) is 13.2 Å². The number of piperidine rings is 1. The maximum atomic E-state index is 13.4. The van der Waals surface area contributed by atoms with Crippen molar-refractivity contribution in [3.05, 3.63) is 66.2 Å². The molecule has 1 saturated heterocycles. The number of benzene rings is 2. The highest BCUT2D eigenvalue weighted by atomic mass is 16.5. The third-order valence-electron chi connectivity index (χ3n) is 6.95. The number of likely N-dealkylation sites (tertiary alicyclic amines) is 1. The third kappa shape index (κ3) is 6.68. The van der Waals surface area contributed by atoms with E-state index in [4.69, 9.17) is 14.2 Å². The van der Waals surface area contributed by atoms with Gasteiger partial charge in [-0.2, -0.15) is 5.10 Å². The Morgan fingerprint density at radius 3 is 2.80 bits per heavy atom. The van der Waals surface area contributed by atoms with Gasteiger partial charge in [-0.05, 0) is 42.3 Å². The lowest BCUT2D eigenvalue weighted by molar-refractivity contribution is -0.133. The molecule has 3 aliphatic heterocycles. The van der Waals surface area contributed by atoms with E-state index in [0.717, 1.165) is 5.56 Å². The Morgan fingerprint density at radius 1 is 1.18 bits per heavy atom. The van der Waals surface area contributed by atoms with Gasteiger partial charge in [0.1, 0.15) is 24.5 Å². The van der Waals surface area contributed by atoms with E-state index in [1.807, 2.05) is 24.3 Å². The summed E-state index contributed by atoms with van der Waals surface area (Å²) in [5, 5.41) is 9.96. The molecule has 3 aromatic rings. The Bertz CT molecular complexity index is 1330. The van der Waals surface area contributed by atoms with Crippen LogP contribution in [0.3, 0.4) is 0 Å². The van der Waals surface area contributed by atoms with E-state index in [1.165, 1.54) is 13.4 Å². The van der Waals surface area contributed by atoms with Gasteiger partial charge in [-0.1, -0.05) is 12.1 Å². The predicted molar refractivity (Wildman–Crippen MR) is 143 cm³/mol. The largest absolute Gasteiger partial charge is 0.493 e. The van der Waals surface area contributed by atoms with Crippen LogP contribution in [-0.2, 0) is 22.7 Å². The summed E-state index contributed by atoms with van der Waals surface area (Å²) < 4.78 is 19.1. The molecule has 2 aromatic carbocycles. The fourth-order valence-corrected chi connectivity index (χ4v) is 4.77. The smallest absolute Gasteiger partial charge is 0.258 e. The number of nitrogens with one attached hydrogen (secondary N) is 2. The average Bonchev–Trinajstić information content (AvgIpc) is 3.49. The van der Waals surface area contributed by atoms with E-state index in [2.05, 4.69) is 20.7 Å². The Morgan fingerprint density at radius 2 is 2.02 bits per heavy atom. The SMILES string of the molecule is COc1ccc2cc1OCC(=O)NCc1ccc(cc1)O[C@@H]1CCN(C(=O)CCCn3cncn3)C[C@@H]1NC2=O. The molecule has 12 nitrogen and oxygen atoms in total. The molecule has 4 heterocycles. The molecule has 0 aliphatic carbocycles. The molecule has 12 heteroatoms. The molecule has 6 rings (SSSR count). The third-order valence-corrected chi connectivity index (χ3v) is 6.95. The van der Waals surface area contributed by atoms with Crippen LogP contribution in [0.25, 0.3) is 0 Å². The van der Waals surface area contributed by atoms with Crippen molar-refractivity contribution in [1.82, 2.24) is 30.3 Å². The first-order chi connectivity index (χ1) is 19.5. The normalized spacial score (nSPS) is 19.4. The van der Waals surface area contributed by atoms with E-state index < -0.39 is 6.04 Å². The molecule has 1 aromatic heterocycles. The first-order valence-electron chi connectivity index (χ1n) is 13.2. The van der Waals surface area contributed by atoms with E-state index in [-0.39, 0.29) is 36.2 Å². The molecular weight excluding hydrogens is 516 g/mol. The van der Waals surface area contributed by atoms with Crippen molar-refractivity contribution in [1.29, 1.82) is 0 Å². The lowest BCUT2D eigenvalue weighted by Gasteiger charge is -2.39. The molecule has 4 bridgehead atoms. The fraction of sp³-hybridized carbons (Fsp3) is 0.393. The Labute approximate surface area is 231 Å². The van der Waals surface area contributed by atoms with Crippen LogP contribution < -0.4 is 24.8 Å². The molecule has 0 radical (unpaired) electrons. The number of amides is 3. The number of carbonyl (C=O) groups excluding carboxylic acids is 3. The van der Waals surface area contributed by atoms with Gasteiger partial charge < -0.3 is 29.7 Å². The number of aryl methyl sites for hydroxylation is 1. The minimum absolute atomic E-state index is 0.0119. The van der Waals surface area contributed by atoms with Crippen molar-refractivity contribution in [2.45, 2.75) is 44.5 Å². The van der Waals surface area contributed by atoms with Gasteiger partial charge in [0.15, 0.2) is 18.1 Å². The summed E-state index contributed by atoms with van der Waals surface area (Å²) in [6, 6.07) is 11.8. The second kappa shape index (κ2) is 12.5. The Balaban J connectivity index is 1.35. The van der Waals surface area contributed by atoms with Crippen molar-refractivity contribution in [2.75, 3.05) is 26.8 Å². The minimum atomic E-state index is -0.453. The number of rotatable bonds is 5. The van der Waals surface area contributed by atoms with Crippen LogP contribution in [0.1, 0.15) is 35.2 Å². The number of nitrogens with zero attached hydrogens (tertiary/aromatic N) is 4. The van der Waals surface area contributed by atoms with Gasteiger partial charge in [0.25, 0.3) is 11.8 Å². The summed E-state index contributed by atoms with van der Waals surface area (Å²) in [5.74, 6) is 0.678. The van der Waals surface area contributed by atoms with Crippen LogP contribution in [0.4, 0.5) is 0 Å². The highest BCUT2D eigenvalue weighted by Gasteiger charge is 2.34. The van der Waals surface area contributed by atoms with E-state index >= 15 is 0 Å². The summed E-state index contributed by atoms with van der Waals surface area (Å²) in [7, 11) is 1.49. The second-order valence-electron chi connectivity index (χ2n) is 9.70. The van der Waals surface area contributed by atoms with Crippen LogP contribution in [0.5, 0.6) is 17.2 Å². The molecule has 0 spiro atoms. The predicted octanol–water partition coefficient (Wildman–Crippen LogP) is 1.55. The first-order valence-corrected chi connectivity index (χ1v) is 13.2. The van der Waals surface area contributed by atoms with Gasteiger partial charge >= 0.3 is 0 Å². The standard InChI is InChI=1S/C28H32N6O6/c1-38-24-9-6-20-13-25(24)39-16-26(35)30-14-19-4-7-21(8-5-19)40-23-10-12-33(15-22(23)32-28(20)37)27(36)3-2-11-34-18-29-17-31-34/h4-9,13,17-18,22-23H,2-3,10-12,14-16H2,1H3,(H,30,35)(H,32,37)/t22-,23+/m0/s1. The highest BCUT2D eigenvalue weighted by Crippen LogP contribution is 2.29. The molecule has 210 valence electrons. The van der Waals surface area contributed by atoms with Crippen LogP contribution in [-0.4, -0.2) is 76.3 Å². The topological polar surface area (TPSA) is 137 Å². The molecule has 40 heavy (non-hydrogen) atoms. The van der Waals surface area contributed by atoms with Crippen LogP contribution in [0.15, 0.2) is 55.1 Å². The molecule has 3 aliphatic rings. The van der Waals surface area contributed by atoms with Gasteiger partial charge in [0, 0.05) is 44.6 Å². The molecule has 2 atom stereocenters. The second-order valence-corrected chi connectivity index (χ2v) is 9.70. The number of methoxy groups -OCH3 is 1. The van der Waals surface area contributed by atoms with Gasteiger partial charge in [0.2, 0.25) is 5.91 Å². The lowest BCUT2D eigenvalue weighted by Crippen LogP contribution is -2.58. The molecule has 3 amide bonds. The number of fused-ring (bicyclic) bond motifs is 7. The zero-order valence-electron chi connectivity index (χ0n) is 22.2. The van der Waals surface area contributed by atoms with Crippen LogP contribution in [0.2, 0.25) is 0 Å². The van der Waals surface area contributed by atoms with E-state index in [1.54, 1.807) is 34.1 Å². The summed E-state index contributed by atoms with van der Waals surface area (Å²) in [6.45, 7) is 1.53. The molecule has 1 fully saturated rings. The van der Waals surface area contributed by atoms with Crippen LogP contribution in [0, 0.1) is 0 Å². The van der Waals surface area contributed by atoms with Crippen molar-refractivity contribution in [3.63, 3.8) is 0 Å². The number of aromatic nitrogens is 3. The quantitative estimate of drug-likeness (QED) is 0.490. The zero-order chi connectivity index (χ0) is 27.9. The maximum Gasteiger partial charge on any atom is 0.258 e. The number of ether oxygens (including phenoxy) is 3. The number of carbonyl (C=O) groups is 3. The first kappa shape index (κ1) is 27.0. The summed E-state index contributed by atoms with van der Waals surface area (Å²) in [6.07, 6.45) is 4.29. The number of hydrogen-bond donors (Lipinski definition) is 2. The molecule has 2 N–H and O–H groups in total. The Kier molecular flexibility index (Phi) is 8.43. The van der Waals surface area contributed by atoms with Gasteiger partial charge in [-0.15, -0.1) is 0 Å². The highest BCUT2D eigenvalue weighted by molar-refractivity contribution is 5.95. The summed E-state index contributed by atoms with van der Waals surface area (Å²) >= 11 is 0.